The monoisotopic (exact) mass is 430 g/mol. The second-order valence-corrected chi connectivity index (χ2v) is 9.84. The van der Waals surface area contributed by atoms with E-state index in [1.807, 2.05) is 38.1 Å². The maximum atomic E-state index is 13.2. The first kappa shape index (κ1) is 22.3. The summed E-state index contributed by atoms with van der Waals surface area (Å²) in [5.74, 6) is 0.556. The van der Waals surface area contributed by atoms with Crippen LogP contribution in [-0.4, -0.2) is 50.3 Å². The van der Waals surface area contributed by atoms with Crippen LogP contribution >= 0.6 is 0 Å². The van der Waals surface area contributed by atoms with Gasteiger partial charge in [-0.3, -0.25) is 4.79 Å². The highest BCUT2D eigenvalue weighted by Gasteiger charge is 2.31. The Hall–Kier alpha value is -2.38. The Balaban J connectivity index is 1.83. The van der Waals surface area contributed by atoms with Crippen LogP contribution in [0, 0.1) is 6.92 Å². The summed E-state index contributed by atoms with van der Waals surface area (Å²) in [5, 5.41) is 0. The normalized spacial score (nSPS) is 17.5. The summed E-state index contributed by atoms with van der Waals surface area (Å²) in [5.41, 5.74) is 2.14. The largest absolute Gasteiger partial charge is 0.497 e. The Morgan fingerprint density at radius 1 is 1.17 bits per heavy atom. The number of piperidine rings is 1. The Kier molecular flexibility index (Phi) is 6.83. The number of ether oxygens (including phenoxy) is 1. The number of nitrogens with zero attached hydrogens (tertiary/aromatic N) is 2. The molecule has 162 valence electrons. The number of methoxy groups -OCH3 is 1. The van der Waals surface area contributed by atoms with E-state index in [1.165, 1.54) is 6.07 Å². The second-order valence-electron chi connectivity index (χ2n) is 7.95. The molecule has 1 amide bonds. The van der Waals surface area contributed by atoms with E-state index in [4.69, 9.17) is 4.74 Å². The van der Waals surface area contributed by atoms with Crippen molar-refractivity contribution in [2.24, 2.45) is 0 Å². The van der Waals surface area contributed by atoms with Crippen molar-refractivity contribution in [2.75, 3.05) is 20.7 Å². The molecule has 0 aliphatic carbocycles. The number of hydrogen-bond donors (Lipinski definition) is 0. The highest BCUT2D eigenvalue weighted by molar-refractivity contribution is 7.89. The summed E-state index contributed by atoms with van der Waals surface area (Å²) in [6.07, 6.45) is 2.77. The van der Waals surface area contributed by atoms with Crippen LogP contribution in [0.1, 0.15) is 47.7 Å². The smallest absolute Gasteiger partial charge is 0.254 e. The molecule has 0 radical (unpaired) electrons. The predicted molar refractivity (Wildman–Crippen MR) is 117 cm³/mol. The van der Waals surface area contributed by atoms with Crippen LogP contribution < -0.4 is 4.74 Å². The fourth-order valence-corrected chi connectivity index (χ4v) is 5.56. The van der Waals surface area contributed by atoms with Gasteiger partial charge in [-0.15, -0.1) is 0 Å². The summed E-state index contributed by atoms with van der Waals surface area (Å²) in [7, 11) is -0.295. The lowest BCUT2D eigenvalue weighted by Gasteiger charge is -2.32. The lowest BCUT2D eigenvalue weighted by atomic mass is 10.1. The third-order valence-electron chi connectivity index (χ3n) is 5.71. The first-order valence-corrected chi connectivity index (χ1v) is 11.7. The molecular formula is C23H30N2O4S. The van der Waals surface area contributed by atoms with Crippen LogP contribution in [0.15, 0.2) is 47.4 Å². The molecule has 1 aliphatic heterocycles. The van der Waals surface area contributed by atoms with E-state index >= 15 is 0 Å². The SMILES string of the molecule is COc1ccc(CN(C)C(=O)c2cc(S(=O)(=O)N3CCCCC3C)ccc2C)cc1. The zero-order valence-electron chi connectivity index (χ0n) is 18.1. The van der Waals surface area contributed by atoms with Crippen molar-refractivity contribution in [3.05, 3.63) is 59.2 Å². The quantitative estimate of drug-likeness (QED) is 0.698. The molecule has 1 fully saturated rings. The van der Waals surface area contributed by atoms with E-state index in [-0.39, 0.29) is 16.8 Å². The van der Waals surface area contributed by atoms with Gasteiger partial charge in [-0.1, -0.05) is 24.6 Å². The number of benzene rings is 2. The van der Waals surface area contributed by atoms with Gasteiger partial charge in [0.05, 0.1) is 12.0 Å². The molecule has 1 unspecified atom stereocenters. The molecule has 2 aromatic carbocycles. The molecule has 0 bridgehead atoms. The van der Waals surface area contributed by atoms with Crippen LogP contribution in [0.25, 0.3) is 0 Å². The lowest BCUT2D eigenvalue weighted by molar-refractivity contribution is 0.0784. The van der Waals surface area contributed by atoms with Crippen molar-refractivity contribution in [1.29, 1.82) is 0 Å². The van der Waals surface area contributed by atoms with Gasteiger partial charge in [0.2, 0.25) is 10.0 Å². The first-order chi connectivity index (χ1) is 14.2. The fourth-order valence-electron chi connectivity index (χ4n) is 3.84. The molecule has 1 heterocycles. The molecule has 7 heteroatoms. The van der Waals surface area contributed by atoms with Gasteiger partial charge in [-0.25, -0.2) is 8.42 Å². The van der Waals surface area contributed by atoms with Gasteiger partial charge in [-0.2, -0.15) is 4.31 Å². The summed E-state index contributed by atoms with van der Waals surface area (Å²) in [6, 6.07) is 12.4. The predicted octanol–water partition coefficient (Wildman–Crippen LogP) is 3.84. The highest BCUT2D eigenvalue weighted by Crippen LogP contribution is 2.27. The summed E-state index contributed by atoms with van der Waals surface area (Å²) in [6.45, 7) is 4.72. The number of aryl methyl sites for hydroxylation is 1. The van der Waals surface area contributed by atoms with E-state index in [9.17, 15) is 13.2 Å². The minimum atomic E-state index is -3.63. The third kappa shape index (κ3) is 4.68. The standard InChI is InChI=1S/C23H30N2O4S/c1-17-8-13-21(30(27,28)25-14-6-5-7-18(25)2)15-22(17)23(26)24(3)16-19-9-11-20(29-4)12-10-19/h8-13,15,18H,5-7,14,16H2,1-4H3. The van der Waals surface area contributed by atoms with Crippen molar-refractivity contribution in [2.45, 2.75) is 50.6 Å². The summed E-state index contributed by atoms with van der Waals surface area (Å²) < 4.78 is 33.1. The van der Waals surface area contributed by atoms with Gasteiger partial charge < -0.3 is 9.64 Å². The van der Waals surface area contributed by atoms with Crippen LogP contribution in [0.3, 0.4) is 0 Å². The molecule has 0 aromatic heterocycles. The van der Waals surface area contributed by atoms with Gasteiger partial charge in [-0.05, 0) is 62.1 Å². The molecule has 6 nitrogen and oxygen atoms in total. The van der Waals surface area contributed by atoms with Gasteiger partial charge in [0.25, 0.3) is 5.91 Å². The Morgan fingerprint density at radius 3 is 2.50 bits per heavy atom. The highest BCUT2D eigenvalue weighted by atomic mass is 32.2. The molecule has 1 aliphatic rings. The maximum absolute atomic E-state index is 13.2. The zero-order chi connectivity index (χ0) is 21.9. The van der Waals surface area contributed by atoms with Crippen LogP contribution in [0.4, 0.5) is 0 Å². The van der Waals surface area contributed by atoms with E-state index < -0.39 is 10.0 Å². The number of amides is 1. The Bertz CT molecular complexity index is 1000. The minimum absolute atomic E-state index is 0.0260. The molecule has 3 rings (SSSR count). The molecule has 0 N–H and O–H groups in total. The summed E-state index contributed by atoms with van der Waals surface area (Å²) >= 11 is 0. The van der Waals surface area contributed by atoms with Crippen molar-refractivity contribution in [3.8, 4) is 5.75 Å². The maximum Gasteiger partial charge on any atom is 0.254 e. The number of rotatable bonds is 6. The zero-order valence-corrected chi connectivity index (χ0v) is 18.9. The van der Waals surface area contributed by atoms with Gasteiger partial charge in [0.15, 0.2) is 0 Å². The first-order valence-electron chi connectivity index (χ1n) is 10.2. The van der Waals surface area contributed by atoms with Crippen LogP contribution in [0.5, 0.6) is 5.75 Å². The van der Waals surface area contributed by atoms with Crippen LogP contribution in [0.2, 0.25) is 0 Å². The van der Waals surface area contributed by atoms with Crippen molar-refractivity contribution >= 4 is 15.9 Å². The van der Waals surface area contributed by atoms with E-state index in [0.29, 0.717) is 18.7 Å². The molecule has 1 saturated heterocycles. The molecule has 1 atom stereocenters. The average Bonchev–Trinajstić information content (AvgIpc) is 2.74. The number of sulfonamides is 1. The van der Waals surface area contributed by atoms with E-state index in [0.717, 1.165) is 36.1 Å². The number of carbonyl (C=O) groups excluding carboxylic acids is 1. The molecule has 2 aromatic rings. The van der Waals surface area contributed by atoms with E-state index in [2.05, 4.69) is 0 Å². The molecule has 0 spiro atoms. The average molecular weight is 431 g/mol. The van der Waals surface area contributed by atoms with E-state index in [1.54, 1.807) is 35.5 Å². The number of hydrogen-bond acceptors (Lipinski definition) is 4. The summed E-state index contributed by atoms with van der Waals surface area (Å²) in [4.78, 5) is 14.9. The van der Waals surface area contributed by atoms with Crippen molar-refractivity contribution in [3.63, 3.8) is 0 Å². The lowest BCUT2D eigenvalue weighted by Crippen LogP contribution is -2.42. The van der Waals surface area contributed by atoms with Crippen molar-refractivity contribution < 1.29 is 17.9 Å². The minimum Gasteiger partial charge on any atom is -0.497 e. The molecule has 0 saturated carbocycles. The van der Waals surface area contributed by atoms with Crippen LogP contribution in [-0.2, 0) is 16.6 Å². The molecular weight excluding hydrogens is 400 g/mol. The molecule has 30 heavy (non-hydrogen) atoms. The topological polar surface area (TPSA) is 66.9 Å². The Morgan fingerprint density at radius 2 is 1.87 bits per heavy atom. The van der Waals surface area contributed by atoms with Crippen molar-refractivity contribution in [1.82, 2.24) is 9.21 Å². The van der Waals surface area contributed by atoms with Gasteiger partial charge in [0.1, 0.15) is 5.75 Å². The third-order valence-corrected chi connectivity index (χ3v) is 7.72. The second kappa shape index (κ2) is 9.18. The fraction of sp³-hybridized carbons (Fsp3) is 0.435. The van der Waals surface area contributed by atoms with Gasteiger partial charge >= 0.3 is 0 Å². The Labute approximate surface area is 179 Å². The van der Waals surface area contributed by atoms with Gasteiger partial charge in [0, 0.05) is 31.7 Å². The number of carbonyl (C=O) groups is 1.